The maximum atomic E-state index is 6.36. The summed E-state index contributed by atoms with van der Waals surface area (Å²) in [5.74, 6) is 2.01. The SMILES string of the molecule is c1ccc(-c2nc(-c3ccccc3)nc(-c3ccc4c(c3)Cc3cc5oc6cc7ccccc7cc6c5cc3-4)n2)cc1. The molecule has 196 valence electrons. The van der Waals surface area contributed by atoms with E-state index in [1.165, 1.54) is 33.0 Å². The molecule has 0 fully saturated rings. The van der Waals surface area contributed by atoms with Gasteiger partial charge in [0.05, 0.1) is 0 Å². The van der Waals surface area contributed by atoms with Crippen LogP contribution in [0, 0.1) is 0 Å². The first-order chi connectivity index (χ1) is 20.8. The number of aromatic nitrogens is 3. The summed E-state index contributed by atoms with van der Waals surface area (Å²) in [6.45, 7) is 0. The van der Waals surface area contributed by atoms with Crippen LogP contribution in [0.1, 0.15) is 11.1 Å². The third-order valence-electron chi connectivity index (χ3n) is 8.30. The van der Waals surface area contributed by atoms with Crippen LogP contribution in [0.25, 0.3) is 78.0 Å². The molecule has 4 nitrogen and oxygen atoms in total. The Kier molecular flexibility index (Phi) is 4.93. The summed E-state index contributed by atoms with van der Waals surface area (Å²) in [5.41, 5.74) is 9.86. The lowest BCUT2D eigenvalue weighted by molar-refractivity contribution is 0.669. The van der Waals surface area contributed by atoms with Crippen LogP contribution >= 0.6 is 0 Å². The van der Waals surface area contributed by atoms with Crippen molar-refractivity contribution in [2.24, 2.45) is 0 Å². The molecule has 1 aliphatic carbocycles. The van der Waals surface area contributed by atoms with Gasteiger partial charge in [0.1, 0.15) is 11.2 Å². The Morgan fingerprint density at radius 2 is 0.976 bits per heavy atom. The molecule has 1 aliphatic rings. The zero-order valence-corrected chi connectivity index (χ0v) is 22.6. The number of rotatable bonds is 3. The monoisotopic (exact) mass is 537 g/mol. The summed E-state index contributed by atoms with van der Waals surface area (Å²) < 4.78 is 6.36. The van der Waals surface area contributed by atoms with Gasteiger partial charge in [-0.05, 0) is 69.8 Å². The van der Waals surface area contributed by atoms with Crippen LogP contribution < -0.4 is 0 Å². The van der Waals surface area contributed by atoms with E-state index in [2.05, 4.69) is 66.7 Å². The van der Waals surface area contributed by atoms with Gasteiger partial charge >= 0.3 is 0 Å². The number of hydrogen-bond acceptors (Lipinski definition) is 4. The highest BCUT2D eigenvalue weighted by Crippen LogP contribution is 2.43. The molecule has 42 heavy (non-hydrogen) atoms. The molecule has 0 bridgehead atoms. The number of fused-ring (bicyclic) bond motifs is 7. The van der Waals surface area contributed by atoms with Crippen LogP contribution in [-0.4, -0.2) is 15.0 Å². The first-order valence-corrected chi connectivity index (χ1v) is 14.2. The molecule has 0 saturated heterocycles. The Balaban J connectivity index is 1.17. The molecule has 8 aromatic rings. The number of nitrogens with zero attached hydrogens (tertiary/aromatic N) is 3. The third kappa shape index (κ3) is 3.66. The zero-order valence-electron chi connectivity index (χ0n) is 22.6. The number of furan rings is 1. The molecule has 6 aromatic carbocycles. The molecule has 0 N–H and O–H groups in total. The Morgan fingerprint density at radius 3 is 1.67 bits per heavy atom. The van der Waals surface area contributed by atoms with E-state index in [0.29, 0.717) is 17.5 Å². The highest BCUT2D eigenvalue weighted by molar-refractivity contribution is 6.11. The molecule has 0 atom stereocenters. The molecule has 2 heterocycles. The van der Waals surface area contributed by atoms with Crippen molar-refractivity contribution in [1.82, 2.24) is 15.0 Å². The van der Waals surface area contributed by atoms with Gasteiger partial charge in [-0.25, -0.2) is 15.0 Å². The summed E-state index contributed by atoms with van der Waals surface area (Å²) >= 11 is 0. The second-order valence-electron chi connectivity index (χ2n) is 10.9. The fourth-order valence-electron chi connectivity index (χ4n) is 6.23. The molecule has 0 amide bonds. The van der Waals surface area contributed by atoms with Crippen LogP contribution in [0.15, 0.2) is 132 Å². The van der Waals surface area contributed by atoms with E-state index in [4.69, 9.17) is 19.4 Å². The Labute approximate surface area is 242 Å². The molecule has 0 aliphatic heterocycles. The van der Waals surface area contributed by atoms with Crippen LogP contribution in [0.2, 0.25) is 0 Å². The van der Waals surface area contributed by atoms with Gasteiger partial charge in [-0.15, -0.1) is 0 Å². The summed E-state index contributed by atoms with van der Waals surface area (Å²) in [5, 5.41) is 4.73. The van der Waals surface area contributed by atoms with Gasteiger partial charge in [-0.2, -0.15) is 0 Å². The lowest BCUT2D eigenvalue weighted by Crippen LogP contribution is -2.00. The predicted octanol–water partition coefficient (Wildman–Crippen LogP) is 9.50. The molecule has 0 unspecified atom stereocenters. The van der Waals surface area contributed by atoms with Gasteiger partial charge in [-0.3, -0.25) is 0 Å². The van der Waals surface area contributed by atoms with Gasteiger partial charge in [0.2, 0.25) is 0 Å². The van der Waals surface area contributed by atoms with Crippen LogP contribution in [-0.2, 0) is 6.42 Å². The number of benzene rings is 6. The van der Waals surface area contributed by atoms with Gasteiger partial charge < -0.3 is 4.42 Å². The fraction of sp³-hybridized carbons (Fsp3) is 0.0263. The minimum Gasteiger partial charge on any atom is -0.456 e. The van der Waals surface area contributed by atoms with Crippen LogP contribution in [0.3, 0.4) is 0 Å². The number of hydrogen-bond donors (Lipinski definition) is 0. The van der Waals surface area contributed by atoms with Crippen molar-refractivity contribution in [3.63, 3.8) is 0 Å². The first-order valence-electron chi connectivity index (χ1n) is 14.2. The molecular formula is C38H23N3O. The lowest BCUT2D eigenvalue weighted by Gasteiger charge is -2.09. The van der Waals surface area contributed by atoms with E-state index in [-0.39, 0.29) is 0 Å². The molecule has 0 saturated carbocycles. The van der Waals surface area contributed by atoms with Gasteiger partial charge in [0, 0.05) is 27.5 Å². The Bertz CT molecular complexity index is 2260. The summed E-state index contributed by atoms with van der Waals surface area (Å²) in [6.07, 6.45) is 0.843. The van der Waals surface area contributed by atoms with E-state index in [1.807, 2.05) is 60.7 Å². The maximum Gasteiger partial charge on any atom is 0.164 e. The minimum atomic E-state index is 0.669. The molecule has 9 rings (SSSR count). The highest BCUT2D eigenvalue weighted by Gasteiger charge is 2.23. The smallest absolute Gasteiger partial charge is 0.164 e. The third-order valence-corrected chi connectivity index (χ3v) is 8.30. The van der Waals surface area contributed by atoms with E-state index in [0.717, 1.165) is 45.0 Å². The van der Waals surface area contributed by atoms with Crippen molar-refractivity contribution >= 4 is 32.7 Å². The summed E-state index contributed by atoms with van der Waals surface area (Å²) in [6, 6.07) is 44.2. The van der Waals surface area contributed by atoms with Crippen molar-refractivity contribution in [2.75, 3.05) is 0 Å². The van der Waals surface area contributed by atoms with Gasteiger partial charge in [0.25, 0.3) is 0 Å². The first kappa shape index (κ1) is 23.1. The van der Waals surface area contributed by atoms with E-state index in [9.17, 15) is 0 Å². The molecule has 0 spiro atoms. The maximum absolute atomic E-state index is 6.36. The summed E-state index contributed by atoms with van der Waals surface area (Å²) in [7, 11) is 0. The molecule has 2 aromatic heterocycles. The Morgan fingerprint density at radius 1 is 0.429 bits per heavy atom. The second-order valence-corrected chi connectivity index (χ2v) is 10.9. The fourth-order valence-corrected chi connectivity index (χ4v) is 6.23. The topological polar surface area (TPSA) is 51.8 Å². The van der Waals surface area contributed by atoms with Crippen LogP contribution in [0.5, 0.6) is 0 Å². The predicted molar refractivity (Wildman–Crippen MR) is 169 cm³/mol. The quantitative estimate of drug-likeness (QED) is 0.225. The standard InChI is InChI=1S/C38H23N3O/c1-3-9-23(10-4-1)36-39-37(24-11-5-2-6-12-24)41-38(40-36)27-15-16-30-28(17-27)18-29-21-35-33(22-31(29)30)32-19-25-13-7-8-14-26(25)20-34(32)42-35/h1-17,19-22H,18H2. The molecular weight excluding hydrogens is 514 g/mol. The van der Waals surface area contributed by atoms with E-state index >= 15 is 0 Å². The van der Waals surface area contributed by atoms with E-state index < -0.39 is 0 Å². The van der Waals surface area contributed by atoms with Crippen molar-refractivity contribution in [1.29, 1.82) is 0 Å². The van der Waals surface area contributed by atoms with Crippen LogP contribution in [0.4, 0.5) is 0 Å². The van der Waals surface area contributed by atoms with Gasteiger partial charge in [0.15, 0.2) is 17.5 Å². The molecule has 0 radical (unpaired) electrons. The minimum absolute atomic E-state index is 0.669. The van der Waals surface area contributed by atoms with E-state index in [1.54, 1.807) is 0 Å². The largest absolute Gasteiger partial charge is 0.456 e. The average Bonchev–Trinajstić information content (AvgIpc) is 3.59. The normalized spacial score (nSPS) is 12.2. The molecule has 4 heteroatoms. The van der Waals surface area contributed by atoms with Crippen molar-refractivity contribution in [2.45, 2.75) is 6.42 Å². The van der Waals surface area contributed by atoms with Crippen molar-refractivity contribution in [3.05, 3.63) is 139 Å². The second kappa shape index (κ2) is 8.95. The lowest BCUT2D eigenvalue weighted by atomic mass is 10.0. The van der Waals surface area contributed by atoms with Crippen molar-refractivity contribution < 1.29 is 4.42 Å². The van der Waals surface area contributed by atoms with Crippen molar-refractivity contribution in [3.8, 4) is 45.3 Å². The highest BCUT2D eigenvalue weighted by atomic mass is 16.3. The zero-order chi connectivity index (χ0) is 27.6. The van der Waals surface area contributed by atoms with Gasteiger partial charge in [-0.1, -0.05) is 97.1 Å². The Hall–Kier alpha value is -5.61. The average molecular weight is 538 g/mol. The summed E-state index contributed by atoms with van der Waals surface area (Å²) in [4.78, 5) is 14.7.